The van der Waals surface area contributed by atoms with Crippen LogP contribution in [0.1, 0.15) is 43.9 Å². The van der Waals surface area contributed by atoms with Gasteiger partial charge in [0.05, 0.1) is 6.04 Å². The van der Waals surface area contributed by atoms with Crippen molar-refractivity contribution in [2.45, 2.75) is 38.1 Å². The number of nitrogens with one attached hydrogen (secondary N) is 1. The maximum Gasteiger partial charge on any atom is 0.270 e. The van der Waals surface area contributed by atoms with Crippen molar-refractivity contribution in [3.05, 3.63) is 35.4 Å². The lowest BCUT2D eigenvalue weighted by Crippen LogP contribution is -2.59. The van der Waals surface area contributed by atoms with E-state index in [1.54, 1.807) is 4.90 Å². The van der Waals surface area contributed by atoms with Crippen molar-refractivity contribution in [2.24, 2.45) is 5.10 Å². The molecular weight excluding hydrogens is 332 g/mol. The van der Waals surface area contributed by atoms with Crippen LogP contribution in [0.5, 0.6) is 0 Å². The molecule has 7 heteroatoms. The molecule has 0 saturated carbocycles. The number of hydrogen-bond acceptors (Lipinski definition) is 4. The minimum Gasteiger partial charge on any atom is -0.331 e. The molecule has 0 radical (unpaired) electrons. The molecule has 0 spiro atoms. The molecule has 1 atom stereocenters. The van der Waals surface area contributed by atoms with Crippen LogP contribution in [0.25, 0.3) is 0 Å². The van der Waals surface area contributed by atoms with E-state index in [1.165, 1.54) is 5.56 Å². The number of hydrogen-bond donors (Lipinski definition) is 1. The molecule has 1 aromatic rings. The monoisotopic (exact) mass is 354 g/mol. The predicted molar refractivity (Wildman–Crippen MR) is 95.3 cm³/mol. The molecule has 1 unspecified atom stereocenters. The van der Waals surface area contributed by atoms with Gasteiger partial charge < -0.3 is 9.80 Å². The Labute approximate surface area is 152 Å². The number of benzene rings is 1. The van der Waals surface area contributed by atoms with Crippen LogP contribution in [0.3, 0.4) is 0 Å². The number of piperazine rings is 1. The summed E-state index contributed by atoms with van der Waals surface area (Å²) >= 11 is 0. The first-order valence-electron chi connectivity index (χ1n) is 8.90. The van der Waals surface area contributed by atoms with Gasteiger partial charge in [-0.1, -0.05) is 38.1 Å². The van der Waals surface area contributed by atoms with Gasteiger partial charge >= 0.3 is 0 Å². The molecule has 0 aromatic heterocycles. The summed E-state index contributed by atoms with van der Waals surface area (Å²) in [4.78, 5) is 40.3. The zero-order valence-electron chi connectivity index (χ0n) is 15.0. The van der Waals surface area contributed by atoms with Gasteiger partial charge in [0, 0.05) is 31.3 Å². The second kappa shape index (κ2) is 5.93. The molecule has 1 fully saturated rings. The fraction of sp³-hybridized carbons (Fsp3) is 0.474. The van der Waals surface area contributed by atoms with Gasteiger partial charge in [0.1, 0.15) is 12.3 Å². The van der Waals surface area contributed by atoms with Gasteiger partial charge in [-0.3, -0.25) is 14.4 Å². The van der Waals surface area contributed by atoms with Crippen molar-refractivity contribution in [2.75, 3.05) is 19.6 Å². The van der Waals surface area contributed by atoms with Gasteiger partial charge in [0.15, 0.2) is 0 Å². The van der Waals surface area contributed by atoms with Gasteiger partial charge in [-0.05, 0) is 11.1 Å². The third kappa shape index (κ3) is 2.67. The Morgan fingerprint density at radius 1 is 1.23 bits per heavy atom. The average Bonchev–Trinajstić information content (AvgIpc) is 2.62. The van der Waals surface area contributed by atoms with Crippen LogP contribution in [0, 0.1) is 0 Å². The van der Waals surface area contributed by atoms with E-state index >= 15 is 0 Å². The van der Waals surface area contributed by atoms with E-state index < -0.39 is 0 Å². The van der Waals surface area contributed by atoms with Crippen molar-refractivity contribution >= 4 is 23.4 Å². The molecule has 3 aliphatic rings. The maximum atomic E-state index is 12.8. The first kappa shape index (κ1) is 16.8. The fourth-order valence-electron chi connectivity index (χ4n) is 4.14. The highest BCUT2D eigenvalue weighted by atomic mass is 16.2. The van der Waals surface area contributed by atoms with Gasteiger partial charge in [-0.25, -0.2) is 5.43 Å². The third-order valence-corrected chi connectivity index (χ3v) is 5.47. The molecule has 4 rings (SSSR count). The lowest BCUT2D eigenvalue weighted by atomic mass is 9.75. The lowest BCUT2D eigenvalue weighted by Gasteiger charge is -2.49. The molecule has 3 heterocycles. The fourth-order valence-corrected chi connectivity index (χ4v) is 4.14. The van der Waals surface area contributed by atoms with Crippen LogP contribution in [-0.2, 0) is 19.8 Å². The number of fused-ring (bicyclic) bond motifs is 3. The second-order valence-electron chi connectivity index (χ2n) is 7.79. The second-order valence-corrected chi connectivity index (χ2v) is 7.79. The summed E-state index contributed by atoms with van der Waals surface area (Å²) in [5.41, 5.74) is 4.88. The molecule has 7 nitrogen and oxygen atoms in total. The Balaban J connectivity index is 1.64. The summed E-state index contributed by atoms with van der Waals surface area (Å²) in [6, 6.07) is 8.02. The number of carbonyl (C=O) groups excluding carboxylic acids is 3. The quantitative estimate of drug-likeness (QED) is 0.815. The molecule has 1 saturated heterocycles. The van der Waals surface area contributed by atoms with Crippen LogP contribution in [0.2, 0.25) is 0 Å². The summed E-state index contributed by atoms with van der Waals surface area (Å²) in [6.07, 6.45) is 0.562. The van der Waals surface area contributed by atoms with E-state index in [-0.39, 0.29) is 42.1 Å². The molecule has 1 aromatic carbocycles. The Bertz CT molecular complexity index is 830. The SMILES string of the molecule is CC1(C)CN2C(=O)CN(C(=O)C3=NNC(=O)CC3)CC2c2ccccc21. The van der Waals surface area contributed by atoms with Crippen LogP contribution in [0.15, 0.2) is 29.4 Å². The van der Waals surface area contributed by atoms with Gasteiger partial charge in [0.2, 0.25) is 11.8 Å². The minimum atomic E-state index is -0.264. The normalized spacial score (nSPS) is 24.4. The van der Waals surface area contributed by atoms with Crippen LogP contribution in [0.4, 0.5) is 0 Å². The predicted octanol–water partition coefficient (Wildman–Crippen LogP) is 0.956. The van der Waals surface area contributed by atoms with E-state index in [1.807, 2.05) is 23.1 Å². The Kier molecular flexibility index (Phi) is 3.82. The maximum absolute atomic E-state index is 12.8. The van der Waals surface area contributed by atoms with E-state index in [2.05, 4.69) is 30.4 Å². The van der Waals surface area contributed by atoms with E-state index in [0.717, 1.165) is 5.56 Å². The van der Waals surface area contributed by atoms with E-state index in [4.69, 9.17) is 0 Å². The Morgan fingerprint density at radius 3 is 2.73 bits per heavy atom. The molecule has 26 heavy (non-hydrogen) atoms. The van der Waals surface area contributed by atoms with Gasteiger partial charge in [0.25, 0.3) is 5.91 Å². The van der Waals surface area contributed by atoms with Gasteiger partial charge in [-0.15, -0.1) is 0 Å². The molecular formula is C19H22N4O3. The molecule has 136 valence electrons. The Morgan fingerprint density at radius 2 is 2.00 bits per heavy atom. The summed E-state index contributed by atoms with van der Waals surface area (Å²) in [6.45, 7) is 5.44. The molecule has 1 N–H and O–H groups in total. The number of carbonyl (C=O) groups is 3. The average molecular weight is 354 g/mol. The first-order valence-corrected chi connectivity index (χ1v) is 8.90. The topological polar surface area (TPSA) is 82.1 Å². The molecule has 3 aliphatic heterocycles. The largest absolute Gasteiger partial charge is 0.331 e. The van der Waals surface area contributed by atoms with Gasteiger partial charge in [-0.2, -0.15) is 5.10 Å². The number of hydrazone groups is 1. The standard InChI is InChI=1S/C19H22N4O3/c1-19(2)11-23-15(12-5-3-4-6-13(12)19)9-22(10-17(23)25)18(26)14-7-8-16(24)21-20-14/h3-6,15H,7-11H2,1-2H3,(H,21,24). The number of nitrogens with zero attached hydrogens (tertiary/aromatic N) is 3. The molecule has 3 amide bonds. The van der Waals surface area contributed by atoms with Crippen molar-refractivity contribution in [1.29, 1.82) is 0 Å². The first-order chi connectivity index (χ1) is 12.4. The summed E-state index contributed by atoms with van der Waals surface area (Å²) in [7, 11) is 0. The smallest absolute Gasteiger partial charge is 0.270 e. The molecule has 0 bridgehead atoms. The minimum absolute atomic E-state index is 0.0439. The number of rotatable bonds is 1. The van der Waals surface area contributed by atoms with Crippen LogP contribution < -0.4 is 5.43 Å². The van der Waals surface area contributed by atoms with Crippen molar-refractivity contribution in [3.8, 4) is 0 Å². The summed E-state index contributed by atoms with van der Waals surface area (Å²) in [5.74, 6) is -0.496. The highest BCUT2D eigenvalue weighted by Crippen LogP contribution is 2.41. The molecule has 0 aliphatic carbocycles. The van der Waals surface area contributed by atoms with Crippen molar-refractivity contribution < 1.29 is 14.4 Å². The summed E-state index contributed by atoms with van der Waals surface area (Å²) in [5, 5.41) is 3.88. The van der Waals surface area contributed by atoms with Crippen LogP contribution >= 0.6 is 0 Å². The highest BCUT2D eigenvalue weighted by molar-refractivity contribution is 6.39. The van der Waals surface area contributed by atoms with E-state index in [9.17, 15) is 14.4 Å². The lowest BCUT2D eigenvalue weighted by molar-refractivity contribution is -0.147. The van der Waals surface area contributed by atoms with Crippen molar-refractivity contribution in [3.63, 3.8) is 0 Å². The summed E-state index contributed by atoms with van der Waals surface area (Å²) < 4.78 is 0. The van der Waals surface area contributed by atoms with Crippen LogP contribution in [-0.4, -0.2) is 52.9 Å². The number of amides is 3. The van der Waals surface area contributed by atoms with E-state index in [0.29, 0.717) is 25.2 Å². The third-order valence-electron chi connectivity index (χ3n) is 5.47. The zero-order chi connectivity index (χ0) is 18.5. The highest BCUT2D eigenvalue weighted by Gasteiger charge is 2.44. The van der Waals surface area contributed by atoms with Crippen molar-refractivity contribution in [1.82, 2.24) is 15.2 Å². The zero-order valence-corrected chi connectivity index (χ0v) is 15.0. The Hall–Kier alpha value is -2.70.